The first-order valence-corrected chi connectivity index (χ1v) is 6.58. The van der Waals surface area contributed by atoms with Crippen LogP contribution in [-0.4, -0.2) is 10.9 Å². The third-order valence-electron chi connectivity index (χ3n) is 3.22. The molecule has 0 saturated heterocycles. The van der Waals surface area contributed by atoms with E-state index in [4.69, 9.17) is 4.42 Å². The second-order valence-electron chi connectivity index (χ2n) is 4.90. The first-order chi connectivity index (χ1) is 10.1. The lowest BCUT2D eigenvalue weighted by atomic mass is 10.1. The Morgan fingerprint density at radius 1 is 1.24 bits per heavy atom. The van der Waals surface area contributed by atoms with Crippen molar-refractivity contribution in [3.8, 4) is 0 Å². The normalized spacial score (nSPS) is 10.7. The van der Waals surface area contributed by atoms with Gasteiger partial charge in [-0.15, -0.1) is 0 Å². The zero-order valence-electron chi connectivity index (χ0n) is 11.5. The monoisotopic (exact) mass is 282 g/mol. The number of oxazole rings is 1. The summed E-state index contributed by atoms with van der Waals surface area (Å²) in [5.74, 6) is -0.611. The first kappa shape index (κ1) is 13.2. The van der Waals surface area contributed by atoms with Crippen molar-refractivity contribution in [3.63, 3.8) is 0 Å². The van der Waals surface area contributed by atoms with Gasteiger partial charge in [-0.1, -0.05) is 23.8 Å². The van der Waals surface area contributed by atoms with E-state index in [1.54, 1.807) is 18.2 Å². The van der Waals surface area contributed by atoms with Crippen LogP contribution >= 0.6 is 0 Å². The molecule has 2 N–H and O–H groups in total. The summed E-state index contributed by atoms with van der Waals surface area (Å²) in [5.41, 5.74) is 3.67. The molecule has 0 aliphatic heterocycles. The van der Waals surface area contributed by atoms with Crippen LogP contribution in [0.4, 0.5) is 0 Å². The third kappa shape index (κ3) is 2.86. The lowest BCUT2D eigenvalue weighted by Crippen LogP contribution is -2.22. The highest BCUT2D eigenvalue weighted by atomic mass is 16.4. The van der Waals surface area contributed by atoms with Gasteiger partial charge in [0.25, 0.3) is 5.91 Å². The number of aryl methyl sites for hydroxylation is 1. The fraction of sp³-hybridized carbons (Fsp3) is 0.125. The number of carbonyl (C=O) groups excluding carboxylic acids is 1. The Labute approximate surface area is 120 Å². The standard InChI is InChI=1S/C16H14N2O3/c1-10-3-2-4-12(7-10)15(19)17-9-11-5-6-13-14(8-11)21-16(20)18-13/h2-8H,9H2,1H3,(H,17,19)(H,18,20). The summed E-state index contributed by atoms with van der Waals surface area (Å²) in [4.78, 5) is 25.7. The molecule has 106 valence electrons. The molecule has 0 unspecified atom stereocenters. The van der Waals surface area contributed by atoms with Gasteiger partial charge in [0, 0.05) is 12.1 Å². The van der Waals surface area contributed by atoms with E-state index >= 15 is 0 Å². The molecule has 0 bridgehead atoms. The Kier molecular flexibility index (Phi) is 3.31. The summed E-state index contributed by atoms with van der Waals surface area (Å²) < 4.78 is 4.99. The molecule has 21 heavy (non-hydrogen) atoms. The highest BCUT2D eigenvalue weighted by molar-refractivity contribution is 5.94. The molecule has 2 aromatic carbocycles. The van der Waals surface area contributed by atoms with Crippen molar-refractivity contribution in [2.24, 2.45) is 0 Å². The zero-order valence-corrected chi connectivity index (χ0v) is 11.5. The Morgan fingerprint density at radius 3 is 2.90 bits per heavy atom. The van der Waals surface area contributed by atoms with Crippen LogP contribution in [0.25, 0.3) is 11.1 Å². The van der Waals surface area contributed by atoms with E-state index in [9.17, 15) is 9.59 Å². The van der Waals surface area contributed by atoms with Crippen molar-refractivity contribution in [3.05, 3.63) is 69.7 Å². The number of aromatic nitrogens is 1. The van der Waals surface area contributed by atoms with E-state index in [2.05, 4.69) is 10.3 Å². The van der Waals surface area contributed by atoms with Crippen LogP contribution < -0.4 is 11.1 Å². The molecular formula is C16H14N2O3. The van der Waals surface area contributed by atoms with Gasteiger partial charge in [-0.3, -0.25) is 9.78 Å². The molecule has 0 aliphatic rings. The number of hydrogen-bond acceptors (Lipinski definition) is 3. The largest absolute Gasteiger partial charge is 0.417 e. The minimum Gasteiger partial charge on any atom is -0.408 e. The number of carbonyl (C=O) groups is 1. The minimum absolute atomic E-state index is 0.130. The van der Waals surface area contributed by atoms with Crippen LogP contribution in [-0.2, 0) is 6.54 Å². The molecule has 0 radical (unpaired) electrons. The van der Waals surface area contributed by atoms with Crippen molar-refractivity contribution in [1.82, 2.24) is 10.3 Å². The summed E-state index contributed by atoms with van der Waals surface area (Å²) in [7, 11) is 0. The highest BCUT2D eigenvalue weighted by Crippen LogP contribution is 2.12. The Balaban J connectivity index is 1.73. The summed E-state index contributed by atoms with van der Waals surface area (Å²) in [6.07, 6.45) is 0. The molecule has 3 aromatic rings. The second kappa shape index (κ2) is 5.28. The van der Waals surface area contributed by atoms with Gasteiger partial charge in [0.05, 0.1) is 5.52 Å². The summed E-state index contributed by atoms with van der Waals surface area (Å²) in [6, 6.07) is 12.7. The van der Waals surface area contributed by atoms with Gasteiger partial charge in [0.15, 0.2) is 5.58 Å². The van der Waals surface area contributed by atoms with Crippen LogP contribution in [0, 0.1) is 6.92 Å². The quantitative estimate of drug-likeness (QED) is 0.774. The first-order valence-electron chi connectivity index (χ1n) is 6.58. The lowest BCUT2D eigenvalue weighted by Gasteiger charge is -2.06. The number of benzene rings is 2. The van der Waals surface area contributed by atoms with Gasteiger partial charge in [-0.2, -0.15) is 0 Å². The maximum absolute atomic E-state index is 12.0. The van der Waals surface area contributed by atoms with E-state index < -0.39 is 5.76 Å². The fourth-order valence-electron chi connectivity index (χ4n) is 2.17. The maximum Gasteiger partial charge on any atom is 0.417 e. The van der Waals surface area contributed by atoms with Crippen molar-refractivity contribution < 1.29 is 9.21 Å². The van der Waals surface area contributed by atoms with Crippen molar-refractivity contribution in [2.75, 3.05) is 0 Å². The van der Waals surface area contributed by atoms with Gasteiger partial charge in [-0.25, -0.2) is 4.79 Å². The highest BCUT2D eigenvalue weighted by Gasteiger charge is 2.06. The van der Waals surface area contributed by atoms with E-state index in [0.717, 1.165) is 11.1 Å². The lowest BCUT2D eigenvalue weighted by molar-refractivity contribution is 0.0951. The average Bonchev–Trinajstić information content (AvgIpc) is 2.84. The van der Waals surface area contributed by atoms with Crippen molar-refractivity contribution >= 4 is 17.0 Å². The number of fused-ring (bicyclic) bond motifs is 1. The van der Waals surface area contributed by atoms with E-state index in [1.807, 2.05) is 31.2 Å². The smallest absolute Gasteiger partial charge is 0.408 e. The summed E-state index contributed by atoms with van der Waals surface area (Å²) >= 11 is 0. The number of aromatic amines is 1. The second-order valence-corrected chi connectivity index (χ2v) is 4.90. The SMILES string of the molecule is Cc1cccc(C(=O)NCc2ccc3[nH]c(=O)oc3c2)c1. The van der Waals surface area contributed by atoms with Gasteiger partial charge in [0.1, 0.15) is 0 Å². The molecule has 0 aliphatic carbocycles. The molecule has 0 fully saturated rings. The minimum atomic E-state index is -0.481. The number of nitrogens with one attached hydrogen (secondary N) is 2. The van der Waals surface area contributed by atoms with Crippen LogP contribution in [0.15, 0.2) is 51.7 Å². The van der Waals surface area contributed by atoms with E-state index in [1.165, 1.54) is 0 Å². The topological polar surface area (TPSA) is 75.1 Å². The molecule has 5 heteroatoms. The molecule has 1 heterocycles. The van der Waals surface area contributed by atoms with E-state index in [0.29, 0.717) is 23.2 Å². The maximum atomic E-state index is 12.0. The Morgan fingerprint density at radius 2 is 2.10 bits per heavy atom. The molecular weight excluding hydrogens is 268 g/mol. The molecule has 3 rings (SSSR count). The number of amides is 1. The molecule has 0 atom stereocenters. The number of hydrogen-bond donors (Lipinski definition) is 2. The van der Waals surface area contributed by atoms with Crippen LogP contribution in [0.5, 0.6) is 0 Å². The number of H-pyrrole nitrogens is 1. The van der Waals surface area contributed by atoms with Crippen molar-refractivity contribution in [1.29, 1.82) is 0 Å². The average molecular weight is 282 g/mol. The summed E-state index contributed by atoms with van der Waals surface area (Å²) in [6.45, 7) is 2.32. The van der Waals surface area contributed by atoms with Crippen molar-refractivity contribution in [2.45, 2.75) is 13.5 Å². The molecule has 1 amide bonds. The third-order valence-corrected chi connectivity index (χ3v) is 3.22. The van der Waals surface area contributed by atoms with E-state index in [-0.39, 0.29) is 5.91 Å². The predicted octanol–water partition coefficient (Wildman–Crippen LogP) is 2.36. The van der Waals surface area contributed by atoms with Gasteiger partial charge in [-0.05, 0) is 36.8 Å². The van der Waals surface area contributed by atoms with Gasteiger partial charge >= 0.3 is 5.76 Å². The Bertz CT molecular complexity index is 861. The van der Waals surface area contributed by atoms with Gasteiger partial charge < -0.3 is 9.73 Å². The summed E-state index contributed by atoms with van der Waals surface area (Å²) in [5, 5.41) is 2.85. The number of rotatable bonds is 3. The zero-order chi connectivity index (χ0) is 14.8. The molecule has 5 nitrogen and oxygen atoms in total. The fourth-order valence-corrected chi connectivity index (χ4v) is 2.17. The molecule has 0 saturated carbocycles. The Hall–Kier alpha value is -2.82. The van der Waals surface area contributed by atoms with Crippen LogP contribution in [0.1, 0.15) is 21.5 Å². The predicted molar refractivity (Wildman–Crippen MR) is 79.2 cm³/mol. The molecule has 1 aromatic heterocycles. The van der Waals surface area contributed by atoms with Crippen LogP contribution in [0.3, 0.4) is 0 Å². The molecule has 0 spiro atoms. The van der Waals surface area contributed by atoms with Gasteiger partial charge in [0.2, 0.25) is 0 Å². The van der Waals surface area contributed by atoms with Crippen LogP contribution in [0.2, 0.25) is 0 Å².